The average molecular weight is 587 g/mol. The van der Waals surface area contributed by atoms with Gasteiger partial charge in [-0.05, 0) is 52.8 Å². The molecular weight excluding hydrogens is 548 g/mol. The maximum absolute atomic E-state index is 13.5. The second kappa shape index (κ2) is 12.7. The van der Waals surface area contributed by atoms with Crippen LogP contribution in [0.15, 0.2) is 105 Å². The van der Waals surface area contributed by atoms with Crippen molar-refractivity contribution in [3.8, 4) is 16.9 Å². The molecule has 2 heterocycles. The molecule has 220 valence electrons. The third kappa shape index (κ3) is 7.18. The molecule has 3 aromatic carbocycles. The first-order valence-electron chi connectivity index (χ1n) is 14.3. The fourth-order valence-corrected chi connectivity index (χ4v) is 6.59. The molecule has 0 N–H and O–H groups in total. The summed E-state index contributed by atoms with van der Waals surface area (Å²) in [6.07, 6.45) is 2.05. The summed E-state index contributed by atoms with van der Waals surface area (Å²) in [4.78, 5) is 15.1. The summed E-state index contributed by atoms with van der Waals surface area (Å²) in [5.74, 6) is 0.693. The molecule has 8 heteroatoms. The maximum atomic E-state index is 13.5. The van der Waals surface area contributed by atoms with Gasteiger partial charge < -0.3 is 9.15 Å². The minimum Gasteiger partial charge on any atom is -0.482 e. The summed E-state index contributed by atoms with van der Waals surface area (Å²) in [6.45, 7) is 9.22. The Morgan fingerprint density at radius 3 is 2.29 bits per heavy atom. The van der Waals surface area contributed by atoms with Crippen LogP contribution < -0.4 is 10.2 Å². The SMILES string of the molecule is CC(C)(C)c1ccc(COc2coc(CN3CCCN(S(=O)(=O)c4cccc(-c5ccccc5)c4)CC3)cc2=O)cc1. The Balaban J connectivity index is 1.18. The first-order chi connectivity index (χ1) is 20.1. The molecule has 0 bridgehead atoms. The summed E-state index contributed by atoms with van der Waals surface area (Å²) in [6, 6.07) is 26.5. The van der Waals surface area contributed by atoms with E-state index in [0.717, 1.165) is 16.7 Å². The Bertz CT molecular complexity index is 1660. The number of rotatable bonds is 8. The first kappa shape index (κ1) is 29.8. The molecule has 0 atom stereocenters. The molecule has 0 spiro atoms. The quantitative estimate of drug-likeness (QED) is 0.249. The summed E-state index contributed by atoms with van der Waals surface area (Å²) in [5.41, 5.74) is 3.90. The lowest BCUT2D eigenvalue weighted by atomic mass is 9.87. The number of nitrogens with zero attached hydrogens (tertiary/aromatic N) is 2. The van der Waals surface area contributed by atoms with Gasteiger partial charge in [-0.1, -0.05) is 87.5 Å². The molecule has 0 aliphatic carbocycles. The van der Waals surface area contributed by atoms with E-state index < -0.39 is 10.0 Å². The van der Waals surface area contributed by atoms with Crippen LogP contribution in [0.4, 0.5) is 0 Å². The van der Waals surface area contributed by atoms with Gasteiger partial charge in [-0.3, -0.25) is 9.69 Å². The molecule has 4 aromatic rings. The van der Waals surface area contributed by atoms with Crippen molar-refractivity contribution in [3.63, 3.8) is 0 Å². The largest absolute Gasteiger partial charge is 0.482 e. The predicted octanol–water partition coefficient (Wildman–Crippen LogP) is 6.08. The summed E-state index contributed by atoms with van der Waals surface area (Å²) >= 11 is 0. The molecule has 1 aromatic heterocycles. The third-order valence-corrected chi connectivity index (χ3v) is 9.47. The van der Waals surface area contributed by atoms with Crippen molar-refractivity contribution in [2.75, 3.05) is 26.2 Å². The zero-order chi connectivity index (χ0) is 29.7. The Hall–Kier alpha value is -3.72. The van der Waals surface area contributed by atoms with Gasteiger partial charge in [0.2, 0.25) is 21.2 Å². The van der Waals surface area contributed by atoms with Gasteiger partial charge in [0.15, 0.2) is 0 Å². The van der Waals surface area contributed by atoms with Gasteiger partial charge in [0, 0.05) is 25.7 Å². The zero-order valence-electron chi connectivity index (χ0n) is 24.5. The lowest BCUT2D eigenvalue weighted by molar-refractivity contribution is 0.245. The second-order valence-electron chi connectivity index (χ2n) is 11.7. The van der Waals surface area contributed by atoms with Crippen LogP contribution in [0.2, 0.25) is 0 Å². The molecule has 42 heavy (non-hydrogen) atoms. The minimum absolute atomic E-state index is 0.0741. The molecule has 0 amide bonds. The Morgan fingerprint density at radius 1 is 0.833 bits per heavy atom. The smallest absolute Gasteiger partial charge is 0.243 e. The molecule has 1 saturated heterocycles. The fraction of sp³-hybridized carbons (Fsp3) is 0.324. The van der Waals surface area contributed by atoms with Crippen molar-refractivity contribution in [3.05, 3.63) is 118 Å². The number of benzene rings is 3. The van der Waals surface area contributed by atoms with E-state index in [1.165, 1.54) is 17.9 Å². The van der Waals surface area contributed by atoms with Gasteiger partial charge in [0.05, 0.1) is 11.4 Å². The lowest BCUT2D eigenvalue weighted by Crippen LogP contribution is -2.35. The topological polar surface area (TPSA) is 80.1 Å². The Labute approximate surface area is 248 Å². The normalized spacial score (nSPS) is 15.3. The highest BCUT2D eigenvalue weighted by molar-refractivity contribution is 7.89. The highest BCUT2D eigenvalue weighted by Crippen LogP contribution is 2.26. The molecule has 1 aliphatic heterocycles. The predicted molar refractivity (Wildman–Crippen MR) is 165 cm³/mol. The van der Waals surface area contributed by atoms with Crippen LogP contribution in [0.3, 0.4) is 0 Å². The molecule has 1 fully saturated rings. The van der Waals surface area contributed by atoms with Crippen LogP contribution >= 0.6 is 0 Å². The molecule has 7 nitrogen and oxygen atoms in total. The van der Waals surface area contributed by atoms with E-state index in [0.29, 0.717) is 49.8 Å². The standard InChI is InChI=1S/C34H38N2O5S/c1-34(2,3)29-15-13-26(14-16-29)24-41-33-25-40-30(22-32(33)37)23-35-17-8-18-36(20-19-35)42(38,39)31-12-7-11-28(21-31)27-9-5-4-6-10-27/h4-7,9-16,21-22,25H,8,17-20,23-24H2,1-3H3. The highest BCUT2D eigenvalue weighted by Gasteiger charge is 2.27. The van der Waals surface area contributed by atoms with E-state index in [4.69, 9.17) is 9.15 Å². The van der Waals surface area contributed by atoms with Crippen LogP contribution in [0.1, 0.15) is 44.1 Å². The number of hydrogen-bond donors (Lipinski definition) is 0. The Kier molecular flexibility index (Phi) is 8.96. The van der Waals surface area contributed by atoms with E-state index in [1.54, 1.807) is 22.5 Å². The van der Waals surface area contributed by atoms with Crippen LogP contribution in [0.5, 0.6) is 5.75 Å². The van der Waals surface area contributed by atoms with Crippen LogP contribution in [0.25, 0.3) is 11.1 Å². The van der Waals surface area contributed by atoms with Gasteiger partial charge in [-0.2, -0.15) is 4.31 Å². The van der Waals surface area contributed by atoms with Gasteiger partial charge in [-0.25, -0.2) is 8.42 Å². The molecule has 1 aliphatic rings. The minimum atomic E-state index is -3.65. The number of hydrogen-bond acceptors (Lipinski definition) is 6. The van der Waals surface area contributed by atoms with Crippen LogP contribution in [-0.4, -0.2) is 43.8 Å². The van der Waals surface area contributed by atoms with Gasteiger partial charge >= 0.3 is 0 Å². The molecule has 0 unspecified atom stereocenters. The van der Waals surface area contributed by atoms with Crippen molar-refractivity contribution < 1.29 is 17.6 Å². The van der Waals surface area contributed by atoms with Crippen LogP contribution in [0, 0.1) is 0 Å². The summed E-state index contributed by atoms with van der Waals surface area (Å²) < 4.78 is 40.1. The van der Waals surface area contributed by atoms with E-state index in [9.17, 15) is 13.2 Å². The number of sulfonamides is 1. The highest BCUT2D eigenvalue weighted by atomic mass is 32.2. The van der Waals surface area contributed by atoms with E-state index in [-0.39, 0.29) is 23.2 Å². The summed E-state index contributed by atoms with van der Waals surface area (Å²) in [5, 5.41) is 0. The molecule has 0 saturated carbocycles. The first-order valence-corrected chi connectivity index (χ1v) is 15.8. The summed E-state index contributed by atoms with van der Waals surface area (Å²) in [7, 11) is -3.65. The van der Waals surface area contributed by atoms with Crippen molar-refractivity contribution in [2.24, 2.45) is 0 Å². The molecule has 0 radical (unpaired) electrons. The molecule has 5 rings (SSSR count). The number of ether oxygens (including phenoxy) is 1. The van der Waals surface area contributed by atoms with Crippen LogP contribution in [-0.2, 0) is 28.6 Å². The van der Waals surface area contributed by atoms with E-state index in [1.807, 2.05) is 48.5 Å². The van der Waals surface area contributed by atoms with E-state index >= 15 is 0 Å². The average Bonchev–Trinajstić information content (AvgIpc) is 3.23. The van der Waals surface area contributed by atoms with Gasteiger partial charge in [0.1, 0.15) is 18.6 Å². The van der Waals surface area contributed by atoms with Gasteiger partial charge in [-0.15, -0.1) is 0 Å². The van der Waals surface area contributed by atoms with Crippen molar-refractivity contribution in [1.29, 1.82) is 0 Å². The monoisotopic (exact) mass is 586 g/mol. The zero-order valence-corrected chi connectivity index (χ0v) is 25.3. The fourth-order valence-electron chi connectivity index (χ4n) is 5.07. The van der Waals surface area contributed by atoms with Gasteiger partial charge in [0.25, 0.3) is 0 Å². The Morgan fingerprint density at radius 2 is 1.57 bits per heavy atom. The van der Waals surface area contributed by atoms with Crippen molar-refractivity contribution in [2.45, 2.75) is 50.7 Å². The molecular formula is C34H38N2O5S. The van der Waals surface area contributed by atoms with Crippen molar-refractivity contribution >= 4 is 10.0 Å². The van der Waals surface area contributed by atoms with E-state index in [2.05, 4.69) is 37.8 Å². The second-order valence-corrected chi connectivity index (χ2v) is 13.7. The lowest BCUT2D eigenvalue weighted by Gasteiger charge is -2.21. The third-order valence-electron chi connectivity index (χ3n) is 7.57. The maximum Gasteiger partial charge on any atom is 0.243 e. The van der Waals surface area contributed by atoms with Crippen molar-refractivity contribution in [1.82, 2.24) is 9.21 Å².